The van der Waals surface area contributed by atoms with Crippen LogP contribution in [0, 0.1) is 0 Å². The average molecular weight is 331 g/mol. The molecule has 9 nitrogen and oxygen atoms in total. The van der Waals surface area contributed by atoms with Gasteiger partial charge in [0, 0.05) is 13.5 Å². The summed E-state index contributed by atoms with van der Waals surface area (Å²) in [5.41, 5.74) is 6.83. The fraction of sp³-hybridized carbons (Fsp3) is 0.500. The third-order valence-corrected chi connectivity index (χ3v) is 4.87. The number of hydrogen-bond acceptors (Lipinski definition) is 8. The number of aromatic nitrogens is 4. The Labute approximate surface area is 125 Å². The Kier molecular flexibility index (Phi) is 3.89. The summed E-state index contributed by atoms with van der Waals surface area (Å²) < 4.78 is 29.0. The molecule has 2 N–H and O–H groups in total. The Morgan fingerprint density at radius 2 is 2.29 bits per heavy atom. The molecule has 2 aromatic rings. The van der Waals surface area contributed by atoms with Crippen LogP contribution < -0.4 is 5.73 Å². The van der Waals surface area contributed by atoms with Gasteiger partial charge in [-0.05, 0) is 6.42 Å². The predicted octanol–water partition coefficient (Wildman–Crippen LogP) is 1.74. The molecule has 21 heavy (non-hydrogen) atoms. The van der Waals surface area contributed by atoms with Crippen LogP contribution in [0.2, 0.25) is 0 Å². The highest BCUT2D eigenvalue weighted by Gasteiger charge is 2.33. The summed E-state index contributed by atoms with van der Waals surface area (Å²) in [6, 6.07) is 0. The molecule has 3 atom stereocenters. The van der Waals surface area contributed by atoms with Gasteiger partial charge in [-0.15, -0.1) is 0 Å². The number of nitrogens with two attached hydrogens (primary N) is 1. The summed E-state index contributed by atoms with van der Waals surface area (Å²) in [5.74, 6) is 0.309. The number of nitrogens with zero attached hydrogens (tertiary/aromatic N) is 4. The van der Waals surface area contributed by atoms with Gasteiger partial charge < -0.3 is 15.0 Å². The quantitative estimate of drug-likeness (QED) is 0.643. The highest BCUT2D eigenvalue weighted by atomic mass is 32.7. The zero-order valence-corrected chi connectivity index (χ0v) is 12.9. The van der Waals surface area contributed by atoms with E-state index in [-0.39, 0.29) is 6.23 Å². The monoisotopic (exact) mass is 331 g/mol. The zero-order valence-electron chi connectivity index (χ0n) is 11.1. The Hall–Kier alpha value is -1.19. The van der Waals surface area contributed by atoms with E-state index in [0.717, 1.165) is 0 Å². The zero-order chi connectivity index (χ0) is 15.0. The lowest BCUT2D eigenvalue weighted by atomic mass is 10.3. The number of thiol groups is 1. The van der Waals surface area contributed by atoms with E-state index in [1.165, 1.54) is 13.4 Å². The first-order chi connectivity index (χ1) is 10.00. The lowest BCUT2D eigenvalue weighted by molar-refractivity contribution is -0.0976. The van der Waals surface area contributed by atoms with Crippen LogP contribution >= 0.6 is 19.0 Å². The minimum absolute atomic E-state index is 0.309. The summed E-state index contributed by atoms with van der Waals surface area (Å²) in [4.78, 5) is 12.2. The van der Waals surface area contributed by atoms with E-state index >= 15 is 0 Å². The van der Waals surface area contributed by atoms with E-state index < -0.39 is 13.1 Å². The average Bonchev–Trinajstić information content (AvgIpc) is 3.05. The molecule has 11 heteroatoms. The first-order valence-electron chi connectivity index (χ1n) is 6.15. The van der Waals surface area contributed by atoms with Crippen LogP contribution in [0.1, 0.15) is 19.1 Å². The van der Waals surface area contributed by atoms with E-state index in [0.29, 0.717) is 29.8 Å². The van der Waals surface area contributed by atoms with Crippen molar-refractivity contribution in [2.75, 3.05) is 12.8 Å². The Morgan fingerprint density at radius 1 is 1.48 bits per heavy atom. The summed E-state index contributed by atoms with van der Waals surface area (Å²) in [5, 5.41) is 0. The maximum Gasteiger partial charge on any atom is 0.388 e. The molecular weight excluding hydrogens is 317 g/mol. The maximum atomic E-state index is 11.7. The maximum absolute atomic E-state index is 11.7. The van der Waals surface area contributed by atoms with Crippen molar-refractivity contribution in [2.45, 2.75) is 25.4 Å². The van der Waals surface area contributed by atoms with Crippen molar-refractivity contribution in [1.29, 1.82) is 0 Å². The molecule has 2 aromatic heterocycles. The molecule has 0 bridgehead atoms. The van der Waals surface area contributed by atoms with Crippen molar-refractivity contribution in [3.8, 4) is 0 Å². The molecule has 1 unspecified atom stereocenters. The van der Waals surface area contributed by atoms with E-state index in [9.17, 15) is 4.57 Å². The van der Waals surface area contributed by atoms with E-state index in [4.69, 9.17) is 15.0 Å². The van der Waals surface area contributed by atoms with Gasteiger partial charge in [-0.2, -0.15) is 0 Å². The van der Waals surface area contributed by atoms with Gasteiger partial charge in [-0.1, -0.05) is 12.2 Å². The molecule has 1 aliphatic heterocycles. The van der Waals surface area contributed by atoms with Crippen LogP contribution in [0.3, 0.4) is 0 Å². The lowest BCUT2D eigenvalue weighted by Gasteiger charge is -2.17. The van der Waals surface area contributed by atoms with Crippen LogP contribution in [0.5, 0.6) is 0 Å². The molecule has 0 spiro atoms. The summed E-state index contributed by atoms with van der Waals surface area (Å²) in [6.07, 6.45) is 3.16. The van der Waals surface area contributed by atoms with Crippen molar-refractivity contribution in [3.63, 3.8) is 0 Å². The van der Waals surface area contributed by atoms with Crippen LogP contribution in [0.4, 0.5) is 5.82 Å². The molecule has 1 fully saturated rings. The lowest BCUT2D eigenvalue weighted by Crippen LogP contribution is -2.13. The first-order valence-corrected chi connectivity index (χ1v) is 8.85. The fourth-order valence-corrected chi connectivity index (χ4v) is 3.00. The number of hydrogen-bond donors (Lipinski definition) is 2. The van der Waals surface area contributed by atoms with E-state index in [1.54, 1.807) is 10.9 Å². The predicted molar refractivity (Wildman–Crippen MR) is 77.6 cm³/mol. The van der Waals surface area contributed by atoms with Gasteiger partial charge in [-0.3, -0.25) is 9.09 Å². The minimum atomic E-state index is -3.38. The minimum Gasteiger partial charge on any atom is -0.382 e. The van der Waals surface area contributed by atoms with Crippen molar-refractivity contribution < 1.29 is 18.3 Å². The van der Waals surface area contributed by atoms with Gasteiger partial charge in [0.15, 0.2) is 17.8 Å². The second-order valence-electron chi connectivity index (χ2n) is 4.44. The second-order valence-corrected chi connectivity index (χ2v) is 7.42. The molecule has 0 aromatic carbocycles. The van der Waals surface area contributed by atoms with Crippen molar-refractivity contribution in [3.05, 3.63) is 12.7 Å². The topological polar surface area (TPSA) is 114 Å². The van der Waals surface area contributed by atoms with Gasteiger partial charge in [0.2, 0.25) is 0 Å². The highest BCUT2D eigenvalue weighted by molar-refractivity contribution is 8.44. The van der Waals surface area contributed by atoms with Crippen molar-refractivity contribution in [1.82, 2.24) is 19.5 Å². The molecule has 0 amide bonds. The van der Waals surface area contributed by atoms with Crippen molar-refractivity contribution >= 4 is 36.0 Å². The Bertz CT molecular complexity index is 710. The van der Waals surface area contributed by atoms with Gasteiger partial charge in [0.25, 0.3) is 0 Å². The van der Waals surface area contributed by atoms with E-state index in [2.05, 4.69) is 31.7 Å². The number of imidazole rings is 1. The molecule has 0 radical (unpaired) electrons. The molecule has 114 valence electrons. The molecule has 0 saturated carbocycles. The van der Waals surface area contributed by atoms with Crippen LogP contribution in [-0.2, 0) is 18.3 Å². The third kappa shape index (κ3) is 2.90. The number of fused-ring (bicyclic) bond motifs is 1. The number of rotatable bonds is 4. The molecule has 0 aliphatic carbocycles. The Balaban J connectivity index is 1.79. The molecule has 3 heterocycles. The van der Waals surface area contributed by atoms with E-state index in [1.807, 2.05) is 0 Å². The first kappa shape index (κ1) is 14.7. The van der Waals surface area contributed by atoms with Gasteiger partial charge in [-0.25, -0.2) is 19.5 Å². The van der Waals surface area contributed by atoms with Gasteiger partial charge in [0.1, 0.15) is 18.1 Å². The molecule has 1 aliphatic rings. The molecule has 3 rings (SSSR count). The normalized spacial score (nSPS) is 25.2. The molecular formula is C10H14N5O4PS. The summed E-state index contributed by atoms with van der Waals surface area (Å²) >= 11 is 3.81. The van der Waals surface area contributed by atoms with Gasteiger partial charge >= 0.3 is 6.80 Å². The smallest absolute Gasteiger partial charge is 0.382 e. The Morgan fingerprint density at radius 3 is 3.05 bits per heavy atom. The standard InChI is InChI=1S/C10H14N5O4PS/c1-17-20(16,21)19-7-3-2-6(18-7)15-5-14-8-9(11)12-4-13-10(8)15/h4-7H,2-3H2,1H3,(H,16,21)(H2,11,12,13)/t6-,7-,20?/m1/s1. The number of ether oxygens (including phenoxy) is 1. The third-order valence-electron chi connectivity index (χ3n) is 3.14. The largest absolute Gasteiger partial charge is 0.388 e. The van der Waals surface area contributed by atoms with Gasteiger partial charge in [0.05, 0.1) is 6.33 Å². The second kappa shape index (κ2) is 5.54. The molecule has 1 saturated heterocycles. The SMILES string of the molecule is COP(=O)(S)O[C@@H]1CC[C@H](n2cnc3c(N)ncnc32)O1. The van der Waals surface area contributed by atoms with Crippen LogP contribution in [-0.4, -0.2) is 32.9 Å². The number of nitrogen functional groups attached to an aromatic ring is 1. The van der Waals surface area contributed by atoms with Crippen molar-refractivity contribution in [2.24, 2.45) is 0 Å². The van der Waals surface area contributed by atoms with Crippen LogP contribution in [0.15, 0.2) is 12.7 Å². The highest BCUT2D eigenvalue weighted by Crippen LogP contribution is 2.54. The summed E-state index contributed by atoms with van der Waals surface area (Å²) in [7, 11) is 1.27. The number of anilines is 1. The summed E-state index contributed by atoms with van der Waals surface area (Å²) in [6.45, 7) is -3.38. The fourth-order valence-electron chi connectivity index (χ4n) is 2.14. The van der Waals surface area contributed by atoms with Crippen LogP contribution in [0.25, 0.3) is 11.2 Å².